The Kier molecular flexibility index (Phi) is 4.46. The van der Waals surface area contributed by atoms with Crippen molar-refractivity contribution in [2.24, 2.45) is 0 Å². The predicted octanol–water partition coefficient (Wildman–Crippen LogP) is 4.70. The van der Waals surface area contributed by atoms with Crippen molar-refractivity contribution in [1.82, 2.24) is 0 Å². The van der Waals surface area contributed by atoms with Crippen LogP contribution in [0, 0.1) is 13.8 Å². The summed E-state index contributed by atoms with van der Waals surface area (Å²) in [7, 11) is 1.84. The largest absolute Gasteiger partial charge is 0.311 e. The molecule has 0 saturated carbocycles. The molecule has 2 heteroatoms. The molecule has 0 aromatic heterocycles. The minimum atomic E-state index is 0.0390. The molecule has 0 radical (unpaired) electrons. The standard InChI is InChI=1S/C19H23NO/c1-13(2)16-7-6-8-17(12-16)20(5)19(21)18-11-14(3)9-10-15(18)4/h6-13H,1-5H3. The molecule has 0 aliphatic carbocycles. The second kappa shape index (κ2) is 6.13. The first-order chi connectivity index (χ1) is 9.90. The molecule has 0 aliphatic heterocycles. The molecule has 0 aliphatic rings. The number of nitrogens with zero attached hydrogens (tertiary/aromatic N) is 1. The lowest BCUT2D eigenvalue weighted by molar-refractivity contribution is 0.0992. The van der Waals surface area contributed by atoms with E-state index in [1.807, 2.05) is 51.2 Å². The molecule has 0 saturated heterocycles. The lowest BCUT2D eigenvalue weighted by atomic mass is 10.0. The van der Waals surface area contributed by atoms with Crippen LogP contribution >= 0.6 is 0 Å². The Labute approximate surface area is 127 Å². The molecule has 2 aromatic rings. The van der Waals surface area contributed by atoms with Gasteiger partial charge in [-0.2, -0.15) is 0 Å². The summed E-state index contributed by atoms with van der Waals surface area (Å²) in [6.07, 6.45) is 0. The Balaban J connectivity index is 2.35. The summed E-state index contributed by atoms with van der Waals surface area (Å²) in [6.45, 7) is 8.30. The van der Waals surface area contributed by atoms with E-state index in [2.05, 4.69) is 26.0 Å². The van der Waals surface area contributed by atoms with Gasteiger partial charge in [0.2, 0.25) is 0 Å². The average molecular weight is 281 g/mol. The van der Waals surface area contributed by atoms with Gasteiger partial charge in [0.15, 0.2) is 0 Å². The number of rotatable bonds is 3. The molecule has 110 valence electrons. The van der Waals surface area contributed by atoms with Gasteiger partial charge in [0, 0.05) is 18.3 Å². The third-order valence-corrected chi connectivity index (χ3v) is 3.85. The van der Waals surface area contributed by atoms with Crippen LogP contribution < -0.4 is 4.90 Å². The van der Waals surface area contributed by atoms with Crippen molar-refractivity contribution < 1.29 is 4.79 Å². The second-order valence-electron chi connectivity index (χ2n) is 5.93. The lowest BCUT2D eigenvalue weighted by Crippen LogP contribution is -2.27. The van der Waals surface area contributed by atoms with Crippen molar-refractivity contribution in [2.75, 3.05) is 11.9 Å². The van der Waals surface area contributed by atoms with Crippen molar-refractivity contribution in [2.45, 2.75) is 33.6 Å². The monoisotopic (exact) mass is 281 g/mol. The first kappa shape index (κ1) is 15.3. The molecular formula is C19H23NO. The summed E-state index contributed by atoms with van der Waals surface area (Å²) in [6, 6.07) is 14.2. The minimum Gasteiger partial charge on any atom is -0.311 e. The summed E-state index contributed by atoms with van der Waals surface area (Å²) in [5.74, 6) is 0.492. The fourth-order valence-electron chi connectivity index (χ4n) is 2.36. The van der Waals surface area contributed by atoms with Gasteiger partial charge in [-0.3, -0.25) is 4.79 Å². The number of carbonyl (C=O) groups excluding carboxylic acids is 1. The van der Waals surface area contributed by atoms with E-state index in [1.165, 1.54) is 5.56 Å². The van der Waals surface area contributed by atoms with Gasteiger partial charge in [0.05, 0.1) is 0 Å². The number of anilines is 1. The van der Waals surface area contributed by atoms with E-state index in [0.717, 1.165) is 22.4 Å². The van der Waals surface area contributed by atoms with Gasteiger partial charge < -0.3 is 4.90 Å². The Morgan fingerprint density at radius 3 is 2.43 bits per heavy atom. The summed E-state index contributed by atoms with van der Waals surface area (Å²) in [5.41, 5.74) is 5.07. The molecule has 0 spiro atoms. The van der Waals surface area contributed by atoms with Crippen LogP contribution in [0.25, 0.3) is 0 Å². The van der Waals surface area contributed by atoms with Crippen LogP contribution in [0.2, 0.25) is 0 Å². The van der Waals surface area contributed by atoms with E-state index in [0.29, 0.717) is 5.92 Å². The van der Waals surface area contributed by atoms with E-state index >= 15 is 0 Å². The SMILES string of the molecule is Cc1ccc(C)c(C(=O)N(C)c2cccc(C(C)C)c2)c1. The van der Waals surface area contributed by atoms with E-state index in [1.54, 1.807) is 4.90 Å². The quantitative estimate of drug-likeness (QED) is 0.798. The van der Waals surface area contributed by atoms with Crippen LogP contribution in [0.5, 0.6) is 0 Å². The summed E-state index contributed by atoms with van der Waals surface area (Å²) < 4.78 is 0. The van der Waals surface area contributed by atoms with Gasteiger partial charge >= 0.3 is 0 Å². The molecule has 0 fully saturated rings. The van der Waals surface area contributed by atoms with Gasteiger partial charge in [0.1, 0.15) is 0 Å². The third-order valence-electron chi connectivity index (χ3n) is 3.85. The highest BCUT2D eigenvalue weighted by atomic mass is 16.2. The molecule has 0 heterocycles. The number of amides is 1. The molecule has 0 atom stereocenters. The summed E-state index contributed by atoms with van der Waals surface area (Å²) in [4.78, 5) is 14.5. The van der Waals surface area contributed by atoms with E-state index in [9.17, 15) is 4.79 Å². The molecule has 0 N–H and O–H groups in total. The van der Waals surface area contributed by atoms with Gasteiger partial charge in [-0.15, -0.1) is 0 Å². The van der Waals surface area contributed by atoms with Gasteiger partial charge in [-0.1, -0.05) is 43.7 Å². The zero-order valence-electron chi connectivity index (χ0n) is 13.5. The highest BCUT2D eigenvalue weighted by Crippen LogP contribution is 2.23. The summed E-state index contributed by atoms with van der Waals surface area (Å²) >= 11 is 0. The number of carbonyl (C=O) groups is 1. The first-order valence-electron chi connectivity index (χ1n) is 7.35. The molecule has 0 unspecified atom stereocenters. The maximum absolute atomic E-state index is 12.7. The smallest absolute Gasteiger partial charge is 0.258 e. The van der Waals surface area contributed by atoms with Crippen LogP contribution in [0.15, 0.2) is 42.5 Å². The predicted molar refractivity (Wildman–Crippen MR) is 89.2 cm³/mol. The maximum atomic E-state index is 12.7. The Bertz CT molecular complexity index is 658. The number of hydrogen-bond acceptors (Lipinski definition) is 1. The number of hydrogen-bond donors (Lipinski definition) is 0. The van der Waals surface area contributed by atoms with Crippen molar-refractivity contribution >= 4 is 11.6 Å². The molecular weight excluding hydrogens is 258 g/mol. The lowest BCUT2D eigenvalue weighted by Gasteiger charge is -2.20. The minimum absolute atomic E-state index is 0.0390. The highest BCUT2D eigenvalue weighted by Gasteiger charge is 2.16. The van der Waals surface area contributed by atoms with Gasteiger partial charge in [0.25, 0.3) is 5.91 Å². The molecule has 2 nitrogen and oxygen atoms in total. The number of benzene rings is 2. The van der Waals surface area contributed by atoms with Crippen LogP contribution in [0.4, 0.5) is 5.69 Å². The molecule has 21 heavy (non-hydrogen) atoms. The molecule has 0 bridgehead atoms. The normalized spacial score (nSPS) is 10.8. The van der Waals surface area contributed by atoms with Crippen molar-refractivity contribution in [3.63, 3.8) is 0 Å². The van der Waals surface area contributed by atoms with Crippen molar-refractivity contribution in [1.29, 1.82) is 0 Å². The fraction of sp³-hybridized carbons (Fsp3) is 0.316. The molecule has 2 aromatic carbocycles. The van der Waals surface area contributed by atoms with Gasteiger partial charge in [-0.25, -0.2) is 0 Å². The van der Waals surface area contributed by atoms with E-state index in [-0.39, 0.29) is 5.91 Å². The topological polar surface area (TPSA) is 20.3 Å². The zero-order chi connectivity index (χ0) is 15.6. The Morgan fingerprint density at radius 2 is 1.76 bits per heavy atom. The van der Waals surface area contributed by atoms with Crippen molar-refractivity contribution in [3.8, 4) is 0 Å². The van der Waals surface area contributed by atoms with Crippen molar-refractivity contribution in [3.05, 3.63) is 64.7 Å². The van der Waals surface area contributed by atoms with Gasteiger partial charge in [-0.05, 0) is 49.1 Å². The second-order valence-corrected chi connectivity index (χ2v) is 5.93. The van der Waals surface area contributed by atoms with E-state index in [4.69, 9.17) is 0 Å². The van der Waals surface area contributed by atoms with E-state index < -0.39 is 0 Å². The zero-order valence-corrected chi connectivity index (χ0v) is 13.5. The highest BCUT2D eigenvalue weighted by molar-refractivity contribution is 6.06. The first-order valence-corrected chi connectivity index (χ1v) is 7.35. The van der Waals surface area contributed by atoms with Crippen LogP contribution in [0.1, 0.15) is 46.8 Å². The molecule has 1 amide bonds. The molecule has 2 rings (SSSR count). The Morgan fingerprint density at radius 1 is 1.05 bits per heavy atom. The van der Waals surface area contributed by atoms with Crippen LogP contribution in [-0.2, 0) is 0 Å². The third kappa shape index (κ3) is 3.33. The maximum Gasteiger partial charge on any atom is 0.258 e. The van der Waals surface area contributed by atoms with Crippen LogP contribution in [-0.4, -0.2) is 13.0 Å². The fourth-order valence-corrected chi connectivity index (χ4v) is 2.36. The number of aryl methyl sites for hydroxylation is 2. The average Bonchev–Trinajstić information content (AvgIpc) is 2.48. The summed E-state index contributed by atoms with van der Waals surface area (Å²) in [5, 5.41) is 0. The van der Waals surface area contributed by atoms with Crippen LogP contribution in [0.3, 0.4) is 0 Å². The Hall–Kier alpha value is -2.09.